The van der Waals surface area contributed by atoms with Gasteiger partial charge in [0.25, 0.3) is 0 Å². The molecule has 2 heterocycles. The fourth-order valence-electron chi connectivity index (χ4n) is 3.10. The van der Waals surface area contributed by atoms with Crippen LogP contribution in [0.1, 0.15) is 18.4 Å². The Hall–Kier alpha value is -3.42. The first kappa shape index (κ1) is 19.9. The summed E-state index contributed by atoms with van der Waals surface area (Å²) in [4.78, 5) is 11.5. The molecule has 0 unspecified atom stereocenters. The number of hydrogen-bond donors (Lipinski definition) is 0. The first-order valence-electron chi connectivity index (χ1n) is 9.29. The zero-order valence-electron chi connectivity index (χ0n) is 15.7. The van der Waals surface area contributed by atoms with Gasteiger partial charge in [0.05, 0.1) is 35.8 Å². The number of fused-ring (bicyclic) bond motifs is 2. The Morgan fingerprint density at radius 1 is 0.867 bits per heavy atom. The molecule has 0 N–H and O–H groups in total. The van der Waals surface area contributed by atoms with Crippen molar-refractivity contribution in [2.45, 2.75) is 19.0 Å². The van der Waals surface area contributed by atoms with Gasteiger partial charge in [-0.05, 0) is 43.2 Å². The van der Waals surface area contributed by atoms with E-state index in [1.54, 1.807) is 18.2 Å². The van der Waals surface area contributed by atoms with E-state index in [-0.39, 0.29) is 12.4 Å². The normalized spacial score (nSPS) is 11.8. The van der Waals surface area contributed by atoms with E-state index < -0.39 is 17.4 Å². The lowest BCUT2D eigenvalue weighted by Gasteiger charge is -2.11. The highest BCUT2D eigenvalue weighted by Crippen LogP contribution is 2.35. The molecule has 156 valence electrons. The van der Waals surface area contributed by atoms with Crippen molar-refractivity contribution in [1.82, 2.24) is 0 Å². The summed E-state index contributed by atoms with van der Waals surface area (Å²) in [6, 6.07) is 11.2. The number of alkyl halides is 3. The van der Waals surface area contributed by atoms with Crippen molar-refractivity contribution in [3.8, 4) is 11.5 Å². The van der Waals surface area contributed by atoms with E-state index in [1.807, 2.05) is 0 Å². The standard InChI is InChI=1S/C22H17F3O5/c23-22(24,25)14-4-3-5-15(12-14)27-9-1-2-10-29-21-16-6-7-20(26)30-19(16)13-18-17(21)8-11-28-18/h3-8,11-13H,1-2,9-10H2. The Kier molecular flexibility index (Phi) is 5.39. The summed E-state index contributed by atoms with van der Waals surface area (Å²) in [6.07, 6.45) is -1.67. The molecule has 0 amide bonds. The number of halogens is 3. The first-order valence-corrected chi connectivity index (χ1v) is 9.29. The van der Waals surface area contributed by atoms with Crippen LogP contribution >= 0.6 is 0 Å². The molecule has 0 saturated carbocycles. The van der Waals surface area contributed by atoms with Crippen molar-refractivity contribution in [1.29, 1.82) is 0 Å². The Balaban J connectivity index is 1.35. The second-order valence-electron chi connectivity index (χ2n) is 6.63. The monoisotopic (exact) mass is 418 g/mol. The molecule has 0 saturated heterocycles. The van der Waals surface area contributed by atoms with Crippen LogP contribution in [-0.4, -0.2) is 13.2 Å². The number of benzene rings is 2. The van der Waals surface area contributed by atoms with E-state index in [4.69, 9.17) is 18.3 Å². The smallest absolute Gasteiger partial charge is 0.416 e. The fourth-order valence-corrected chi connectivity index (χ4v) is 3.10. The summed E-state index contributed by atoms with van der Waals surface area (Å²) in [5.41, 5.74) is -0.297. The van der Waals surface area contributed by atoms with E-state index in [9.17, 15) is 18.0 Å². The number of hydrogen-bond acceptors (Lipinski definition) is 5. The van der Waals surface area contributed by atoms with Gasteiger partial charge in [-0.25, -0.2) is 4.79 Å². The van der Waals surface area contributed by atoms with E-state index in [2.05, 4.69) is 0 Å². The number of rotatable bonds is 7. The first-order chi connectivity index (χ1) is 14.4. The van der Waals surface area contributed by atoms with Crippen LogP contribution < -0.4 is 15.1 Å². The third-order valence-electron chi connectivity index (χ3n) is 4.52. The highest BCUT2D eigenvalue weighted by atomic mass is 19.4. The Labute approximate surface area is 168 Å². The molecule has 5 nitrogen and oxygen atoms in total. The Morgan fingerprint density at radius 3 is 2.43 bits per heavy atom. The highest BCUT2D eigenvalue weighted by molar-refractivity contribution is 6.01. The van der Waals surface area contributed by atoms with Gasteiger partial charge >= 0.3 is 11.8 Å². The van der Waals surface area contributed by atoms with Gasteiger partial charge < -0.3 is 18.3 Å². The second kappa shape index (κ2) is 8.14. The molecule has 0 fully saturated rings. The third kappa shape index (κ3) is 4.27. The third-order valence-corrected chi connectivity index (χ3v) is 4.52. The molecule has 0 atom stereocenters. The second-order valence-corrected chi connectivity index (χ2v) is 6.63. The van der Waals surface area contributed by atoms with Crippen LogP contribution in [-0.2, 0) is 6.18 Å². The minimum absolute atomic E-state index is 0.176. The molecule has 0 radical (unpaired) electrons. The minimum atomic E-state index is -4.40. The minimum Gasteiger partial charge on any atom is -0.494 e. The average molecular weight is 418 g/mol. The van der Waals surface area contributed by atoms with Crippen molar-refractivity contribution in [2.75, 3.05) is 13.2 Å². The van der Waals surface area contributed by atoms with Crippen LogP contribution in [0.15, 0.2) is 68.4 Å². The molecule has 0 aliphatic heterocycles. The van der Waals surface area contributed by atoms with Crippen LogP contribution in [0.3, 0.4) is 0 Å². The predicted molar refractivity (Wildman–Crippen MR) is 104 cm³/mol. The van der Waals surface area contributed by atoms with Crippen molar-refractivity contribution in [2.24, 2.45) is 0 Å². The Bertz CT molecular complexity index is 1220. The van der Waals surface area contributed by atoms with Gasteiger partial charge in [0.15, 0.2) is 0 Å². The van der Waals surface area contributed by atoms with Crippen molar-refractivity contribution in [3.63, 3.8) is 0 Å². The number of unbranched alkanes of at least 4 members (excludes halogenated alkanes) is 1. The van der Waals surface area contributed by atoms with Gasteiger partial charge in [-0.2, -0.15) is 13.2 Å². The molecular formula is C22H17F3O5. The fraction of sp³-hybridized carbons (Fsp3) is 0.227. The van der Waals surface area contributed by atoms with Crippen LogP contribution in [0.5, 0.6) is 11.5 Å². The van der Waals surface area contributed by atoms with Gasteiger partial charge in [0, 0.05) is 12.1 Å². The van der Waals surface area contributed by atoms with Gasteiger partial charge in [-0.1, -0.05) is 6.07 Å². The van der Waals surface area contributed by atoms with Crippen molar-refractivity contribution < 1.29 is 31.5 Å². The lowest BCUT2D eigenvalue weighted by molar-refractivity contribution is -0.137. The van der Waals surface area contributed by atoms with Crippen molar-refractivity contribution >= 4 is 21.9 Å². The lowest BCUT2D eigenvalue weighted by Crippen LogP contribution is -2.06. The summed E-state index contributed by atoms with van der Waals surface area (Å²) in [7, 11) is 0. The molecule has 2 aromatic heterocycles. The number of ether oxygens (including phenoxy) is 2. The summed E-state index contributed by atoms with van der Waals surface area (Å²) in [5.74, 6) is 0.730. The molecule has 0 aliphatic rings. The summed E-state index contributed by atoms with van der Waals surface area (Å²) in [5, 5.41) is 1.42. The molecule has 2 aromatic carbocycles. The van der Waals surface area contributed by atoms with E-state index in [0.717, 1.165) is 17.5 Å². The molecule has 8 heteroatoms. The quantitative estimate of drug-likeness (QED) is 0.281. The molecule has 0 bridgehead atoms. The molecular weight excluding hydrogens is 401 g/mol. The number of furan rings is 1. The SMILES string of the molecule is O=c1ccc2c(OCCCCOc3cccc(C(F)(F)F)c3)c3ccoc3cc2o1. The predicted octanol–water partition coefficient (Wildman–Crippen LogP) is 5.80. The van der Waals surface area contributed by atoms with Gasteiger partial charge in [0.2, 0.25) is 0 Å². The van der Waals surface area contributed by atoms with Crippen LogP contribution in [0.25, 0.3) is 21.9 Å². The molecule has 4 rings (SSSR count). The van der Waals surface area contributed by atoms with Crippen LogP contribution in [0.2, 0.25) is 0 Å². The molecule has 0 aliphatic carbocycles. The van der Waals surface area contributed by atoms with Gasteiger partial charge in [-0.3, -0.25) is 0 Å². The van der Waals surface area contributed by atoms with E-state index >= 15 is 0 Å². The summed E-state index contributed by atoms with van der Waals surface area (Å²) >= 11 is 0. The summed E-state index contributed by atoms with van der Waals surface area (Å²) in [6.45, 7) is 0.612. The van der Waals surface area contributed by atoms with Crippen LogP contribution in [0.4, 0.5) is 13.2 Å². The van der Waals surface area contributed by atoms with Crippen molar-refractivity contribution in [3.05, 3.63) is 70.8 Å². The molecule has 0 spiro atoms. The largest absolute Gasteiger partial charge is 0.494 e. The highest BCUT2D eigenvalue weighted by Gasteiger charge is 2.30. The zero-order chi connectivity index (χ0) is 21.1. The maximum absolute atomic E-state index is 12.7. The Morgan fingerprint density at radius 2 is 1.63 bits per heavy atom. The molecule has 30 heavy (non-hydrogen) atoms. The van der Waals surface area contributed by atoms with Crippen LogP contribution in [0, 0.1) is 0 Å². The molecule has 4 aromatic rings. The van der Waals surface area contributed by atoms with E-state index in [1.165, 1.54) is 24.5 Å². The maximum Gasteiger partial charge on any atom is 0.416 e. The van der Waals surface area contributed by atoms with E-state index in [0.29, 0.717) is 41.8 Å². The maximum atomic E-state index is 12.7. The van der Waals surface area contributed by atoms with Gasteiger partial charge in [0.1, 0.15) is 22.7 Å². The summed E-state index contributed by atoms with van der Waals surface area (Å²) < 4.78 is 60.1. The average Bonchev–Trinajstić information content (AvgIpc) is 3.17. The lowest BCUT2D eigenvalue weighted by atomic mass is 10.1. The topological polar surface area (TPSA) is 61.8 Å². The zero-order valence-corrected chi connectivity index (χ0v) is 15.7. The van der Waals surface area contributed by atoms with Gasteiger partial charge in [-0.15, -0.1) is 0 Å².